The number of hydrogen-bond donors (Lipinski definition) is 2. The lowest BCUT2D eigenvalue weighted by atomic mass is 9.89. The van der Waals surface area contributed by atoms with Crippen molar-refractivity contribution in [3.63, 3.8) is 0 Å². The zero-order chi connectivity index (χ0) is 17.9. The number of aromatic nitrogens is 4. The Morgan fingerprint density at radius 3 is 2.69 bits per heavy atom. The molecule has 0 atom stereocenters. The second kappa shape index (κ2) is 7.13. The molecule has 1 saturated heterocycles. The van der Waals surface area contributed by atoms with Crippen LogP contribution in [0.5, 0.6) is 11.5 Å². The Morgan fingerprint density at radius 1 is 1.08 bits per heavy atom. The number of piperidine rings is 1. The number of aromatic hydroxyl groups is 2. The molecule has 3 heterocycles. The maximum atomic E-state index is 9.87. The maximum Gasteiger partial charge on any atom is 0.197 e. The predicted octanol–water partition coefficient (Wildman–Crippen LogP) is 2.45. The van der Waals surface area contributed by atoms with Crippen LogP contribution in [0.15, 0.2) is 48.8 Å². The Balaban J connectivity index is 1.37. The van der Waals surface area contributed by atoms with Gasteiger partial charge in [-0.15, -0.1) is 5.10 Å². The van der Waals surface area contributed by atoms with Gasteiger partial charge in [-0.05, 0) is 61.7 Å². The summed E-state index contributed by atoms with van der Waals surface area (Å²) in [6, 6.07) is 10.8. The van der Waals surface area contributed by atoms with Gasteiger partial charge < -0.3 is 10.2 Å². The highest BCUT2D eigenvalue weighted by atomic mass is 16.3. The van der Waals surface area contributed by atoms with E-state index in [0.717, 1.165) is 38.2 Å². The molecule has 3 aromatic rings. The molecular weight excluding hydrogens is 330 g/mol. The molecule has 0 unspecified atom stereocenters. The normalized spacial score (nSPS) is 16.0. The van der Waals surface area contributed by atoms with Gasteiger partial charge in [-0.25, -0.2) is 4.98 Å². The molecule has 0 amide bonds. The number of phenolic OH excluding ortho intramolecular Hbond substituents is 1. The third-order valence-electron chi connectivity index (χ3n) is 4.84. The quantitative estimate of drug-likeness (QED) is 0.751. The standard InChI is InChI=1S/C19H21N5O2/c25-17-4-1-3-15(11-17)14-6-9-23(10-7-14)12-16-13-24(22-21-16)19-18(26)5-2-8-20-19/h1-5,8,11,13-14,25-26H,6-7,9-10,12H2. The lowest BCUT2D eigenvalue weighted by Gasteiger charge is -2.31. The van der Waals surface area contributed by atoms with Crippen molar-refractivity contribution < 1.29 is 10.2 Å². The van der Waals surface area contributed by atoms with Gasteiger partial charge in [0.1, 0.15) is 5.75 Å². The minimum Gasteiger partial charge on any atom is -0.508 e. The molecule has 7 heteroatoms. The van der Waals surface area contributed by atoms with E-state index < -0.39 is 0 Å². The van der Waals surface area contributed by atoms with E-state index in [1.807, 2.05) is 18.3 Å². The molecule has 4 rings (SSSR count). The van der Waals surface area contributed by atoms with E-state index in [4.69, 9.17) is 0 Å². The van der Waals surface area contributed by atoms with Crippen LogP contribution in [0.3, 0.4) is 0 Å². The van der Waals surface area contributed by atoms with E-state index in [0.29, 0.717) is 17.5 Å². The molecule has 1 aliphatic heterocycles. The van der Waals surface area contributed by atoms with Crippen molar-refractivity contribution in [2.45, 2.75) is 25.3 Å². The van der Waals surface area contributed by atoms with Crippen LogP contribution in [0.2, 0.25) is 0 Å². The van der Waals surface area contributed by atoms with Crippen molar-refractivity contribution in [1.29, 1.82) is 0 Å². The summed E-state index contributed by atoms with van der Waals surface area (Å²) in [5.41, 5.74) is 2.06. The Bertz CT molecular complexity index is 887. The van der Waals surface area contributed by atoms with E-state index in [9.17, 15) is 10.2 Å². The fourth-order valence-corrected chi connectivity index (χ4v) is 3.47. The Morgan fingerprint density at radius 2 is 1.92 bits per heavy atom. The number of hydrogen-bond acceptors (Lipinski definition) is 6. The molecule has 0 radical (unpaired) electrons. The lowest BCUT2D eigenvalue weighted by molar-refractivity contribution is 0.202. The third-order valence-corrected chi connectivity index (χ3v) is 4.84. The van der Waals surface area contributed by atoms with Crippen LogP contribution in [0.25, 0.3) is 5.82 Å². The van der Waals surface area contributed by atoms with E-state index in [2.05, 4.69) is 26.3 Å². The number of nitrogens with zero attached hydrogens (tertiary/aromatic N) is 5. The van der Waals surface area contributed by atoms with E-state index in [-0.39, 0.29) is 5.75 Å². The monoisotopic (exact) mass is 351 g/mol. The fourth-order valence-electron chi connectivity index (χ4n) is 3.47. The topological polar surface area (TPSA) is 87.3 Å². The van der Waals surface area contributed by atoms with Gasteiger partial charge in [-0.3, -0.25) is 4.90 Å². The van der Waals surface area contributed by atoms with Gasteiger partial charge in [0.2, 0.25) is 0 Å². The van der Waals surface area contributed by atoms with Crippen molar-refractivity contribution in [3.05, 3.63) is 60.0 Å². The Hall–Kier alpha value is -2.93. The Kier molecular flexibility index (Phi) is 4.53. The van der Waals surface area contributed by atoms with Gasteiger partial charge in [0, 0.05) is 12.7 Å². The van der Waals surface area contributed by atoms with Crippen LogP contribution < -0.4 is 0 Å². The van der Waals surface area contributed by atoms with Crippen LogP contribution in [0, 0.1) is 0 Å². The van der Waals surface area contributed by atoms with Gasteiger partial charge >= 0.3 is 0 Å². The van der Waals surface area contributed by atoms with Gasteiger partial charge in [0.05, 0.1) is 11.9 Å². The zero-order valence-electron chi connectivity index (χ0n) is 14.4. The van der Waals surface area contributed by atoms with Crippen LogP contribution in [-0.4, -0.2) is 48.2 Å². The van der Waals surface area contributed by atoms with E-state index in [1.54, 1.807) is 24.4 Å². The van der Waals surface area contributed by atoms with Crippen molar-refractivity contribution in [2.24, 2.45) is 0 Å². The molecule has 7 nitrogen and oxygen atoms in total. The van der Waals surface area contributed by atoms with Gasteiger partial charge in [0.15, 0.2) is 11.6 Å². The highest BCUT2D eigenvalue weighted by Gasteiger charge is 2.21. The largest absolute Gasteiger partial charge is 0.508 e. The third kappa shape index (κ3) is 3.52. The first-order valence-corrected chi connectivity index (χ1v) is 8.76. The lowest BCUT2D eigenvalue weighted by Crippen LogP contribution is -2.32. The molecule has 0 spiro atoms. The number of rotatable bonds is 4. The average Bonchev–Trinajstić information content (AvgIpc) is 3.11. The summed E-state index contributed by atoms with van der Waals surface area (Å²) in [6.45, 7) is 2.67. The molecule has 26 heavy (non-hydrogen) atoms. The second-order valence-corrected chi connectivity index (χ2v) is 6.65. The predicted molar refractivity (Wildman–Crippen MR) is 96.2 cm³/mol. The minimum atomic E-state index is 0.0795. The molecule has 2 N–H and O–H groups in total. The van der Waals surface area contributed by atoms with Gasteiger partial charge in [-0.1, -0.05) is 17.3 Å². The van der Waals surface area contributed by atoms with Crippen molar-refractivity contribution in [3.8, 4) is 17.3 Å². The number of benzene rings is 1. The molecule has 1 aliphatic rings. The first-order valence-electron chi connectivity index (χ1n) is 8.76. The summed E-state index contributed by atoms with van der Waals surface area (Å²) in [7, 11) is 0. The highest BCUT2D eigenvalue weighted by molar-refractivity contribution is 5.37. The highest BCUT2D eigenvalue weighted by Crippen LogP contribution is 2.30. The summed E-state index contributed by atoms with van der Waals surface area (Å²) in [4.78, 5) is 6.49. The van der Waals surface area contributed by atoms with Crippen LogP contribution in [-0.2, 0) is 6.54 Å². The molecule has 1 aromatic carbocycles. The smallest absolute Gasteiger partial charge is 0.197 e. The first kappa shape index (κ1) is 16.5. The van der Waals surface area contributed by atoms with Crippen molar-refractivity contribution >= 4 is 0 Å². The molecule has 0 aliphatic carbocycles. The molecule has 2 aromatic heterocycles. The summed E-state index contributed by atoms with van der Waals surface area (Å²) in [5, 5.41) is 27.8. The second-order valence-electron chi connectivity index (χ2n) is 6.65. The van der Waals surface area contributed by atoms with Crippen LogP contribution >= 0.6 is 0 Å². The molecule has 0 bridgehead atoms. The number of pyridine rings is 1. The average molecular weight is 351 g/mol. The molecule has 1 fully saturated rings. The maximum absolute atomic E-state index is 9.87. The number of likely N-dealkylation sites (tertiary alicyclic amines) is 1. The van der Waals surface area contributed by atoms with Crippen LogP contribution in [0.4, 0.5) is 0 Å². The van der Waals surface area contributed by atoms with E-state index in [1.165, 1.54) is 10.2 Å². The number of phenols is 1. The van der Waals surface area contributed by atoms with Crippen molar-refractivity contribution in [2.75, 3.05) is 13.1 Å². The molecule has 134 valence electrons. The summed E-state index contributed by atoms with van der Waals surface area (Å²) < 4.78 is 1.50. The molecule has 0 saturated carbocycles. The first-order chi connectivity index (χ1) is 12.7. The van der Waals surface area contributed by atoms with Crippen LogP contribution in [0.1, 0.15) is 30.0 Å². The SMILES string of the molecule is Oc1cccc(C2CCN(Cc3cn(-c4ncccc4O)nn3)CC2)c1. The molecular formula is C19H21N5O2. The summed E-state index contributed by atoms with van der Waals surface area (Å²) in [5.74, 6) is 1.28. The fraction of sp³-hybridized carbons (Fsp3) is 0.316. The summed E-state index contributed by atoms with van der Waals surface area (Å²) in [6.07, 6.45) is 5.53. The van der Waals surface area contributed by atoms with Gasteiger partial charge in [-0.2, -0.15) is 4.68 Å². The zero-order valence-corrected chi connectivity index (χ0v) is 14.4. The van der Waals surface area contributed by atoms with Gasteiger partial charge in [0.25, 0.3) is 0 Å². The Labute approximate surface area is 151 Å². The van der Waals surface area contributed by atoms with E-state index >= 15 is 0 Å². The minimum absolute atomic E-state index is 0.0795. The van der Waals surface area contributed by atoms with Crippen molar-refractivity contribution in [1.82, 2.24) is 24.9 Å². The summed E-state index contributed by atoms with van der Waals surface area (Å²) >= 11 is 0.